The first-order valence-electron chi connectivity index (χ1n) is 8.33. The normalized spacial score (nSPS) is 11.4. The van der Waals surface area contributed by atoms with Crippen LogP contribution < -0.4 is 4.90 Å². The van der Waals surface area contributed by atoms with Crippen molar-refractivity contribution >= 4 is 23.3 Å². The van der Waals surface area contributed by atoms with Gasteiger partial charge in [-0.2, -0.15) is 0 Å². The summed E-state index contributed by atoms with van der Waals surface area (Å²) in [5.41, 5.74) is 2.04. The highest BCUT2D eigenvalue weighted by molar-refractivity contribution is 6.04. The molecule has 4 nitrogen and oxygen atoms in total. The second kappa shape index (κ2) is 8.12. The first-order valence-corrected chi connectivity index (χ1v) is 8.33. The molecule has 0 saturated heterocycles. The fourth-order valence-corrected chi connectivity index (χ4v) is 2.73. The Labute approximate surface area is 152 Å². The number of para-hydroxylation sites is 2. The number of anilines is 2. The maximum Gasteiger partial charge on any atom is 0.303 e. The number of ether oxygens (including phenoxy) is 1. The van der Waals surface area contributed by atoms with Crippen LogP contribution >= 0.6 is 0 Å². The fraction of sp³-hybridized carbons (Fsp3) is 0.0909. The number of amides is 1. The number of nitrogens with zero attached hydrogens (tertiary/aromatic N) is 1. The minimum absolute atomic E-state index is 0.330. The Balaban J connectivity index is 2.06. The lowest BCUT2D eigenvalue weighted by Gasteiger charge is -2.27. The van der Waals surface area contributed by atoms with Crippen LogP contribution in [-0.4, -0.2) is 11.9 Å². The van der Waals surface area contributed by atoms with Gasteiger partial charge in [0, 0.05) is 23.9 Å². The van der Waals surface area contributed by atoms with Crippen LogP contribution in [-0.2, 0) is 14.3 Å². The lowest BCUT2D eigenvalue weighted by atomic mass is 10.1. The molecular formula is C22H19NO3. The predicted molar refractivity (Wildman–Crippen MR) is 101 cm³/mol. The van der Waals surface area contributed by atoms with Crippen molar-refractivity contribution in [3.63, 3.8) is 0 Å². The van der Waals surface area contributed by atoms with Gasteiger partial charge in [-0.15, -0.1) is 0 Å². The zero-order valence-electron chi connectivity index (χ0n) is 14.4. The van der Waals surface area contributed by atoms with Crippen molar-refractivity contribution in [3.05, 3.63) is 96.6 Å². The van der Waals surface area contributed by atoms with Crippen molar-refractivity contribution in [1.29, 1.82) is 0 Å². The molecule has 0 fully saturated rings. The average Bonchev–Trinajstić information content (AvgIpc) is 2.68. The van der Waals surface area contributed by atoms with Gasteiger partial charge in [0.25, 0.3) is 5.91 Å². The van der Waals surface area contributed by atoms with Crippen molar-refractivity contribution in [3.8, 4) is 0 Å². The van der Waals surface area contributed by atoms with Gasteiger partial charge in [0.2, 0.25) is 6.10 Å². The van der Waals surface area contributed by atoms with E-state index in [0.717, 1.165) is 0 Å². The van der Waals surface area contributed by atoms with Crippen molar-refractivity contribution in [2.75, 3.05) is 4.90 Å². The number of esters is 1. The number of carbonyl (C=O) groups excluding carboxylic acids is 2. The molecule has 0 N–H and O–H groups in total. The number of benzene rings is 3. The van der Waals surface area contributed by atoms with E-state index in [2.05, 4.69) is 0 Å². The average molecular weight is 345 g/mol. The van der Waals surface area contributed by atoms with Crippen molar-refractivity contribution in [2.45, 2.75) is 13.0 Å². The molecule has 0 aromatic heterocycles. The molecule has 0 spiro atoms. The number of hydrogen-bond donors (Lipinski definition) is 0. The second-order valence-corrected chi connectivity index (χ2v) is 5.74. The van der Waals surface area contributed by atoms with E-state index < -0.39 is 12.1 Å². The van der Waals surface area contributed by atoms with Crippen molar-refractivity contribution in [1.82, 2.24) is 0 Å². The summed E-state index contributed by atoms with van der Waals surface area (Å²) >= 11 is 0. The molecule has 0 unspecified atom stereocenters. The van der Waals surface area contributed by atoms with E-state index in [1.54, 1.807) is 17.0 Å². The highest BCUT2D eigenvalue weighted by atomic mass is 16.5. The second-order valence-electron chi connectivity index (χ2n) is 5.74. The molecule has 0 saturated carbocycles. The first kappa shape index (κ1) is 17.4. The molecule has 0 aliphatic rings. The van der Waals surface area contributed by atoms with Gasteiger partial charge >= 0.3 is 5.97 Å². The van der Waals surface area contributed by atoms with E-state index in [1.807, 2.05) is 78.9 Å². The zero-order chi connectivity index (χ0) is 18.4. The van der Waals surface area contributed by atoms with E-state index >= 15 is 0 Å². The zero-order valence-corrected chi connectivity index (χ0v) is 14.4. The van der Waals surface area contributed by atoms with Crippen molar-refractivity contribution < 1.29 is 14.3 Å². The molecule has 1 amide bonds. The monoisotopic (exact) mass is 345 g/mol. The summed E-state index contributed by atoms with van der Waals surface area (Å²) in [5, 5.41) is 0. The van der Waals surface area contributed by atoms with Crippen LogP contribution in [0.4, 0.5) is 11.4 Å². The van der Waals surface area contributed by atoms with Gasteiger partial charge < -0.3 is 4.74 Å². The Morgan fingerprint density at radius 1 is 0.731 bits per heavy atom. The third kappa shape index (κ3) is 3.98. The van der Waals surface area contributed by atoms with Gasteiger partial charge in [0.1, 0.15) is 0 Å². The summed E-state index contributed by atoms with van der Waals surface area (Å²) in [4.78, 5) is 26.6. The van der Waals surface area contributed by atoms with E-state index in [0.29, 0.717) is 16.9 Å². The van der Waals surface area contributed by atoms with Gasteiger partial charge in [0.15, 0.2) is 0 Å². The topological polar surface area (TPSA) is 46.6 Å². The molecule has 3 aromatic carbocycles. The summed E-state index contributed by atoms with van der Waals surface area (Å²) in [6.45, 7) is 1.30. The maximum atomic E-state index is 13.4. The van der Waals surface area contributed by atoms with Crippen molar-refractivity contribution in [2.24, 2.45) is 0 Å². The molecule has 1 atom stereocenters. The number of rotatable bonds is 5. The van der Waals surface area contributed by atoms with Gasteiger partial charge in [-0.1, -0.05) is 66.7 Å². The molecular weight excluding hydrogens is 326 g/mol. The van der Waals surface area contributed by atoms with Gasteiger partial charge in [0.05, 0.1) is 0 Å². The quantitative estimate of drug-likeness (QED) is 0.632. The molecule has 130 valence electrons. The summed E-state index contributed by atoms with van der Waals surface area (Å²) in [5.74, 6) is -0.836. The summed E-state index contributed by atoms with van der Waals surface area (Å²) in [6, 6.07) is 27.7. The van der Waals surface area contributed by atoms with Gasteiger partial charge in [-0.05, 0) is 24.3 Å². The fourth-order valence-electron chi connectivity index (χ4n) is 2.73. The maximum absolute atomic E-state index is 13.4. The SMILES string of the molecule is CC(=O)O[C@@H](C(=O)N(c1ccccc1)c1ccccc1)c1ccccc1. The van der Waals surface area contributed by atoms with Crippen LogP contribution in [0.3, 0.4) is 0 Å². The van der Waals surface area contributed by atoms with Crippen LogP contribution in [0.25, 0.3) is 0 Å². The molecule has 26 heavy (non-hydrogen) atoms. The molecule has 0 heterocycles. The Morgan fingerprint density at radius 3 is 1.58 bits per heavy atom. The van der Waals surface area contributed by atoms with Crippen LogP contribution in [0.15, 0.2) is 91.0 Å². The lowest BCUT2D eigenvalue weighted by Crippen LogP contribution is -2.33. The van der Waals surface area contributed by atoms with Crippen LogP contribution in [0, 0.1) is 0 Å². The highest BCUT2D eigenvalue weighted by Gasteiger charge is 2.30. The van der Waals surface area contributed by atoms with E-state index in [1.165, 1.54) is 6.92 Å². The molecule has 0 radical (unpaired) electrons. The minimum Gasteiger partial charge on any atom is -0.447 e. The highest BCUT2D eigenvalue weighted by Crippen LogP contribution is 2.30. The molecule has 3 aromatic rings. The number of carbonyl (C=O) groups is 2. The molecule has 4 heteroatoms. The lowest BCUT2D eigenvalue weighted by molar-refractivity contribution is -0.153. The van der Waals surface area contributed by atoms with Gasteiger partial charge in [-0.25, -0.2) is 0 Å². The summed E-state index contributed by atoms with van der Waals surface area (Å²) in [7, 11) is 0. The Hall–Kier alpha value is -3.40. The van der Waals surface area contributed by atoms with Gasteiger partial charge in [-0.3, -0.25) is 14.5 Å². The summed E-state index contributed by atoms with van der Waals surface area (Å²) in [6.07, 6.45) is -1.02. The molecule has 3 rings (SSSR count). The van der Waals surface area contributed by atoms with E-state index in [4.69, 9.17) is 4.74 Å². The summed E-state index contributed by atoms with van der Waals surface area (Å²) < 4.78 is 5.39. The Morgan fingerprint density at radius 2 is 1.15 bits per heavy atom. The molecule has 0 aliphatic carbocycles. The third-order valence-electron chi connectivity index (χ3n) is 3.86. The largest absolute Gasteiger partial charge is 0.447 e. The smallest absolute Gasteiger partial charge is 0.303 e. The third-order valence-corrected chi connectivity index (χ3v) is 3.86. The molecule has 0 aliphatic heterocycles. The first-order chi connectivity index (χ1) is 12.7. The van der Waals surface area contributed by atoms with E-state index in [-0.39, 0.29) is 5.91 Å². The van der Waals surface area contributed by atoms with Crippen LogP contribution in [0.5, 0.6) is 0 Å². The van der Waals surface area contributed by atoms with E-state index in [9.17, 15) is 9.59 Å². The van der Waals surface area contributed by atoms with Crippen LogP contribution in [0.2, 0.25) is 0 Å². The van der Waals surface area contributed by atoms with Crippen LogP contribution in [0.1, 0.15) is 18.6 Å². The number of hydrogen-bond acceptors (Lipinski definition) is 3. The minimum atomic E-state index is -1.02. The Kier molecular flexibility index (Phi) is 5.44. The Bertz CT molecular complexity index is 824. The predicted octanol–water partition coefficient (Wildman–Crippen LogP) is 4.66. The standard InChI is InChI=1S/C22H19NO3/c1-17(24)26-21(18-11-5-2-6-12-18)22(25)23(19-13-7-3-8-14-19)20-15-9-4-10-16-20/h2-16,21H,1H3/t21-/m1/s1. The molecule has 0 bridgehead atoms.